The van der Waals surface area contributed by atoms with E-state index in [2.05, 4.69) is 6.08 Å². The molecule has 1 heterocycles. The van der Waals surface area contributed by atoms with E-state index in [1.165, 1.54) is 5.57 Å². The summed E-state index contributed by atoms with van der Waals surface area (Å²) in [6.45, 7) is 0.881. The maximum absolute atomic E-state index is 10.8. The van der Waals surface area contributed by atoms with Gasteiger partial charge in [0.05, 0.1) is 12.0 Å². The van der Waals surface area contributed by atoms with E-state index in [9.17, 15) is 4.79 Å². The minimum absolute atomic E-state index is 0.119. The van der Waals surface area contributed by atoms with E-state index in [4.69, 9.17) is 9.84 Å². The summed E-state index contributed by atoms with van der Waals surface area (Å²) in [5.74, 6) is -0.752. The van der Waals surface area contributed by atoms with Crippen LogP contribution in [0, 0.1) is 5.92 Å². The van der Waals surface area contributed by atoms with Gasteiger partial charge in [-0.05, 0) is 38.5 Å². The lowest BCUT2D eigenvalue weighted by Crippen LogP contribution is -2.18. The lowest BCUT2D eigenvalue weighted by atomic mass is 9.85. The number of hydrogen-bond acceptors (Lipinski definition) is 2. The number of ether oxygens (including phenoxy) is 1. The van der Waals surface area contributed by atoms with Crippen LogP contribution in [0.4, 0.5) is 0 Å². The number of carboxylic acid groups (broad SMARTS) is 1. The summed E-state index contributed by atoms with van der Waals surface area (Å²) in [4.78, 5) is 10.8. The van der Waals surface area contributed by atoms with Gasteiger partial charge >= 0.3 is 5.97 Å². The number of allylic oxidation sites excluding steroid dienone is 1. The molecule has 1 N–H and O–H groups in total. The average molecular weight is 210 g/mol. The zero-order valence-corrected chi connectivity index (χ0v) is 8.95. The molecule has 15 heavy (non-hydrogen) atoms. The Kier molecular flexibility index (Phi) is 3.41. The summed E-state index contributed by atoms with van der Waals surface area (Å²) in [5.41, 5.74) is 1.40. The molecule has 0 radical (unpaired) electrons. The Morgan fingerprint density at radius 2 is 2.07 bits per heavy atom. The zero-order valence-electron chi connectivity index (χ0n) is 8.95. The third-order valence-corrected chi connectivity index (χ3v) is 3.36. The molecule has 0 aromatic heterocycles. The van der Waals surface area contributed by atoms with Gasteiger partial charge in [0.2, 0.25) is 0 Å². The quantitative estimate of drug-likeness (QED) is 0.712. The van der Waals surface area contributed by atoms with Crippen molar-refractivity contribution in [1.29, 1.82) is 0 Å². The monoisotopic (exact) mass is 210 g/mol. The van der Waals surface area contributed by atoms with Crippen LogP contribution in [-0.4, -0.2) is 23.8 Å². The van der Waals surface area contributed by atoms with Crippen molar-refractivity contribution in [2.75, 3.05) is 6.61 Å². The standard InChI is InChI=1S/C12H18O3/c13-12(14)10-5-3-9(4-6-10)8-11-2-1-7-15-11/h8,10-11H,1-7H2,(H,13,14). The van der Waals surface area contributed by atoms with Crippen LogP contribution in [0.3, 0.4) is 0 Å². The molecule has 0 spiro atoms. The molecule has 84 valence electrons. The van der Waals surface area contributed by atoms with Crippen LogP contribution < -0.4 is 0 Å². The van der Waals surface area contributed by atoms with Gasteiger partial charge in [-0.3, -0.25) is 4.79 Å². The molecule has 1 saturated heterocycles. The molecule has 3 nitrogen and oxygen atoms in total. The summed E-state index contributed by atoms with van der Waals surface area (Å²) >= 11 is 0. The largest absolute Gasteiger partial charge is 0.481 e. The van der Waals surface area contributed by atoms with Gasteiger partial charge in [0.25, 0.3) is 0 Å². The van der Waals surface area contributed by atoms with Crippen molar-refractivity contribution in [1.82, 2.24) is 0 Å². The lowest BCUT2D eigenvalue weighted by molar-refractivity contribution is -0.142. The second-order valence-electron chi connectivity index (χ2n) is 4.49. The van der Waals surface area contributed by atoms with Crippen molar-refractivity contribution in [2.24, 2.45) is 5.92 Å². The van der Waals surface area contributed by atoms with Gasteiger partial charge in [0, 0.05) is 6.61 Å². The second kappa shape index (κ2) is 4.79. The second-order valence-corrected chi connectivity index (χ2v) is 4.49. The van der Waals surface area contributed by atoms with Crippen LogP contribution in [0.1, 0.15) is 38.5 Å². The maximum Gasteiger partial charge on any atom is 0.306 e. The highest BCUT2D eigenvalue weighted by molar-refractivity contribution is 5.70. The zero-order chi connectivity index (χ0) is 10.7. The lowest BCUT2D eigenvalue weighted by Gasteiger charge is -2.21. The number of rotatable bonds is 2. The molecule has 2 aliphatic rings. The fraction of sp³-hybridized carbons (Fsp3) is 0.750. The van der Waals surface area contributed by atoms with E-state index in [0.29, 0.717) is 6.10 Å². The molecule has 2 fully saturated rings. The van der Waals surface area contributed by atoms with Gasteiger partial charge < -0.3 is 9.84 Å². The molecule has 1 unspecified atom stereocenters. The van der Waals surface area contributed by atoms with Crippen LogP contribution in [0.15, 0.2) is 11.6 Å². The van der Waals surface area contributed by atoms with Crippen molar-refractivity contribution < 1.29 is 14.6 Å². The van der Waals surface area contributed by atoms with Gasteiger partial charge in [0.1, 0.15) is 0 Å². The summed E-state index contributed by atoms with van der Waals surface area (Å²) in [6, 6.07) is 0. The molecule has 2 rings (SSSR count). The predicted molar refractivity (Wildman–Crippen MR) is 56.7 cm³/mol. The molecule has 1 aliphatic heterocycles. The first-order valence-corrected chi connectivity index (χ1v) is 5.79. The third-order valence-electron chi connectivity index (χ3n) is 3.36. The van der Waals surface area contributed by atoms with Crippen LogP contribution in [0.5, 0.6) is 0 Å². The van der Waals surface area contributed by atoms with E-state index < -0.39 is 5.97 Å². The molecule has 1 aliphatic carbocycles. The fourth-order valence-electron chi connectivity index (χ4n) is 2.40. The van der Waals surface area contributed by atoms with Gasteiger partial charge in [-0.15, -0.1) is 0 Å². The van der Waals surface area contributed by atoms with Gasteiger partial charge in [0.15, 0.2) is 0 Å². The van der Waals surface area contributed by atoms with E-state index >= 15 is 0 Å². The molecule has 0 aromatic rings. The predicted octanol–water partition coefficient (Wildman–Crippen LogP) is 2.37. The fourth-order valence-corrected chi connectivity index (χ4v) is 2.40. The topological polar surface area (TPSA) is 46.5 Å². The molecular weight excluding hydrogens is 192 g/mol. The van der Waals surface area contributed by atoms with Gasteiger partial charge in [-0.2, -0.15) is 0 Å². The highest BCUT2D eigenvalue weighted by Crippen LogP contribution is 2.29. The smallest absolute Gasteiger partial charge is 0.306 e. The Bertz CT molecular complexity index is 254. The van der Waals surface area contributed by atoms with Gasteiger partial charge in [-0.1, -0.05) is 11.6 Å². The molecule has 3 heteroatoms. The first-order valence-electron chi connectivity index (χ1n) is 5.79. The number of carboxylic acids is 1. The molecule has 1 saturated carbocycles. The van der Waals surface area contributed by atoms with Crippen molar-refractivity contribution >= 4 is 5.97 Å². The molecule has 0 aromatic carbocycles. The van der Waals surface area contributed by atoms with E-state index in [1.54, 1.807) is 0 Å². The average Bonchev–Trinajstić information content (AvgIpc) is 2.71. The third kappa shape index (κ3) is 2.81. The Morgan fingerprint density at radius 1 is 1.33 bits per heavy atom. The van der Waals surface area contributed by atoms with Crippen molar-refractivity contribution in [3.8, 4) is 0 Å². The van der Waals surface area contributed by atoms with Gasteiger partial charge in [-0.25, -0.2) is 0 Å². The first kappa shape index (κ1) is 10.7. The Morgan fingerprint density at radius 3 is 2.60 bits per heavy atom. The molecule has 1 atom stereocenters. The number of aliphatic carboxylic acids is 1. The highest BCUT2D eigenvalue weighted by Gasteiger charge is 2.23. The SMILES string of the molecule is O=C(O)C1CCC(=CC2CCCO2)CC1. The summed E-state index contributed by atoms with van der Waals surface area (Å²) < 4.78 is 5.54. The van der Waals surface area contributed by atoms with E-state index in [0.717, 1.165) is 45.1 Å². The minimum atomic E-state index is -0.633. The van der Waals surface area contributed by atoms with Crippen LogP contribution in [-0.2, 0) is 9.53 Å². The van der Waals surface area contributed by atoms with Crippen molar-refractivity contribution in [2.45, 2.75) is 44.6 Å². The van der Waals surface area contributed by atoms with Crippen LogP contribution in [0.25, 0.3) is 0 Å². The normalized spacial score (nSPS) is 31.6. The van der Waals surface area contributed by atoms with Crippen LogP contribution >= 0.6 is 0 Å². The first-order chi connectivity index (χ1) is 7.25. The summed E-state index contributed by atoms with van der Waals surface area (Å²) in [6.07, 6.45) is 8.31. The molecule has 0 amide bonds. The minimum Gasteiger partial charge on any atom is -0.481 e. The summed E-state index contributed by atoms with van der Waals surface area (Å²) in [5, 5.41) is 8.86. The Labute approximate surface area is 90.1 Å². The maximum atomic E-state index is 10.8. The van der Waals surface area contributed by atoms with E-state index in [1.807, 2.05) is 0 Å². The number of carbonyl (C=O) groups is 1. The summed E-state index contributed by atoms with van der Waals surface area (Å²) in [7, 11) is 0. The molecule has 0 bridgehead atoms. The Hall–Kier alpha value is -0.830. The number of hydrogen-bond donors (Lipinski definition) is 1. The molecular formula is C12H18O3. The van der Waals surface area contributed by atoms with E-state index in [-0.39, 0.29) is 5.92 Å². The highest BCUT2D eigenvalue weighted by atomic mass is 16.5. The van der Waals surface area contributed by atoms with Crippen molar-refractivity contribution in [3.05, 3.63) is 11.6 Å². The van der Waals surface area contributed by atoms with Crippen molar-refractivity contribution in [3.63, 3.8) is 0 Å². The van der Waals surface area contributed by atoms with Crippen LogP contribution in [0.2, 0.25) is 0 Å². The Balaban J connectivity index is 1.84.